The maximum absolute atomic E-state index is 9.20. The van der Waals surface area contributed by atoms with Gasteiger partial charge in [0.25, 0.3) is 0 Å². The fraction of sp³-hybridized carbons (Fsp3) is 0.526. The Bertz CT molecular complexity index is 569. The summed E-state index contributed by atoms with van der Waals surface area (Å²) in [6.45, 7) is 7.31. The Morgan fingerprint density at radius 2 is 2.00 bits per heavy atom. The van der Waals surface area contributed by atoms with Crippen LogP contribution < -0.4 is 0 Å². The number of benzene rings is 1. The molecule has 0 aliphatic heterocycles. The van der Waals surface area contributed by atoms with Crippen LogP contribution in [0.25, 0.3) is 0 Å². The second kappa shape index (κ2) is 9.82. The van der Waals surface area contributed by atoms with Gasteiger partial charge in [0.05, 0.1) is 6.54 Å². The van der Waals surface area contributed by atoms with Gasteiger partial charge >= 0.3 is 0 Å². The summed E-state index contributed by atoms with van der Waals surface area (Å²) in [6, 6.07) is 8.20. The summed E-state index contributed by atoms with van der Waals surface area (Å²) in [7, 11) is 0. The Morgan fingerprint density at radius 1 is 1.25 bits per heavy atom. The number of rotatable bonds is 10. The van der Waals surface area contributed by atoms with Gasteiger partial charge in [0.2, 0.25) is 0 Å². The molecule has 1 aromatic heterocycles. The molecule has 5 heteroatoms. The minimum Gasteiger partial charge on any atom is -0.396 e. The van der Waals surface area contributed by atoms with Gasteiger partial charge in [-0.3, -0.25) is 4.90 Å². The predicted octanol–water partition coefficient (Wildman–Crippen LogP) is 4.08. The average Bonchev–Trinajstić information content (AvgIpc) is 3.05. The molecule has 1 unspecified atom stereocenters. The summed E-state index contributed by atoms with van der Waals surface area (Å²) in [5.41, 5.74) is 1.32. The molecule has 1 heterocycles. The molecule has 24 heavy (non-hydrogen) atoms. The molecule has 0 aliphatic carbocycles. The average molecular weight is 350 g/mol. The maximum atomic E-state index is 9.20. The second-order valence-electron chi connectivity index (χ2n) is 6.73. The number of hydrogen-bond acceptors (Lipinski definition) is 3. The lowest BCUT2D eigenvalue weighted by Crippen LogP contribution is -2.31. The highest BCUT2D eigenvalue weighted by Gasteiger charge is 2.18. The summed E-state index contributed by atoms with van der Waals surface area (Å²) in [4.78, 5) is 9.88. The van der Waals surface area contributed by atoms with E-state index in [9.17, 15) is 5.11 Å². The third-order valence-electron chi connectivity index (χ3n) is 4.14. The van der Waals surface area contributed by atoms with Gasteiger partial charge in [0, 0.05) is 37.1 Å². The van der Waals surface area contributed by atoms with Crippen molar-refractivity contribution in [1.82, 2.24) is 14.9 Å². The van der Waals surface area contributed by atoms with E-state index in [-0.39, 0.29) is 6.61 Å². The SMILES string of the molecule is CC(C)CC(CN(CCCO)Cc1ncc[nH]1)c1ccc(Cl)cc1. The van der Waals surface area contributed by atoms with Crippen LogP contribution in [0.3, 0.4) is 0 Å². The van der Waals surface area contributed by atoms with Gasteiger partial charge in [-0.1, -0.05) is 37.6 Å². The molecule has 0 radical (unpaired) electrons. The van der Waals surface area contributed by atoms with Crippen molar-refractivity contribution in [2.75, 3.05) is 19.7 Å². The van der Waals surface area contributed by atoms with Gasteiger partial charge in [-0.25, -0.2) is 4.98 Å². The van der Waals surface area contributed by atoms with Crippen LogP contribution in [-0.2, 0) is 6.54 Å². The number of aromatic nitrogens is 2. The fourth-order valence-electron chi connectivity index (χ4n) is 3.06. The van der Waals surface area contributed by atoms with Crippen molar-refractivity contribution in [3.05, 3.63) is 53.1 Å². The van der Waals surface area contributed by atoms with Crippen molar-refractivity contribution in [2.24, 2.45) is 5.92 Å². The van der Waals surface area contributed by atoms with E-state index >= 15 is 0 Å². The highest BCUT2D eigenvalue weighted by molar-refractivity contribution is 6.30. The molecular weight excluding hydrogens is 322 g/mol. The highest BCUT2D eigenvalue weighted by Crippen LogP contribution is 2.26. The molecule has 0 spiro atoms. The summed E-state index contributed by atoms with van der Waals surface area (Å²) >= 11 is 6.04. The number of H-pyrrole nitrogens is 1. The van der Waals surface area contributed by atoms with Gasteiger partial charge in [-0.05, 0) is 42.4 Å². The van der Waals surface area contributed by atoms with Crippen LogP contribution >= 0.6 is 11.6 Å². The third-order valence-corrected chi connectivity index (χ3v) is 4.39. The first kappa shape index (κ1) is 19.0. The van der Waals surface area contributed by atoms with Gasteiger partial charge < -0.3 is 10.1 Å². The van der Waals surface area contributed by atoms with Crippen LogP contribution in [0.5, 0.6) is 0 Å². The van der Waals surface area contributed by atoms with Crippen molar-refractivity contribution in [3.63, 3.8) is 0 Å². The molecule has 2 N–H and O–H groups in total. The molecule has 2 aromatic rings. The minimum absolute atomic E-state index is 0.213. The molecular formula is C19H28ClN3O. The van der Waals surface area contributed by atoms with Crippen LogP contribution in [0.4, 0.5) is 0 Å². The quantitative estimate of drug-likeness (QED) is 0.679. The zero-order valence-electron chi connectivity index (χ0n) is 14.6. The first-order chi connectivity index (χ1) is 11.6. The molecule has 4 nitrogen and oxygen atoms in total. The van der Waals surface area contributed by atoms with Crippen LogP contribution in [0.15, 0.2) is 36.7 Å². The van der Waals surface area contributed by atoms with Crippen molar-refractivity contribution in [3.8, 4) is 0 Å². The molecule has 0 amide bonds. The predicted molar refractivity (Wildman–Crippen MR) is 99.2 cm³/mol. The van der Waals surface area contributed by atoms with Gasteiger partial charge in [-0.2, -0.15) is 0 Å². The zero-order valence-corrected chi connectivity index (χ0v) is 15.3. The first-order valence-electron chi connectivity index (χ1n) is 8.65. The smallest absolute Gasteiger partial charge is 0.120 e. The Hall–Kier alpha value is -1.36. The van der Waals surface area contributed by atoms with E-state index in [1.54, 1.807) is 6.20 Å². The highest BCUT2D eigenvalue weighted by atomic mass is 35.5. The van der Waals surface area contributed by atoms with E-state index in [1.165, 1.54) is 5.56 Å². The van der Waals surface area contributed by atoms with Gasteiger partial charge in [0.1, 0.15) is 5.82 Å². The lowest BCUT2D eigenvalue weighted by Gasteiger charge is -2.28. The molecule has 1 aromatic carbocycles. The van der Waals surface area contributed by atoms with Crippen LogP contribution in [0.2, 0.25) is 5.02 Å². The number of aliphatic hydroxyl groups is 1. The van der Waals surface area contributed by atoms with Crippen molar-refractivity contribution in [1.29, 1.82) is 0 Å². The minimum atomic E-state index is 0.213. The largest absolute Gasteiger partial charge is 0.396 e. The second-order valence-corrected chi connectivity index (χ2v) is 7.16. The Morgan fingerprint density at radius 3 is 2.58 bits per heavy atom. The summed E-state index contributed by atoms with van der Waals surface area (Å²) in [5, 5.41) is 9.98. The normalized spacial score (nSPS) is 12.9. The number of nitrogens with zero attached hydrogens (tertiary/aromatic N) is 2. The number of aromatic amines is 1. The molecule has 2 rings (SSSR count). The molecule has 0 fully saturated rings. The molecule has 132 valence electrons. The van der Waals surface area contributed by atoms with E-state index in [4.69, 9.17) is 11.6 Å². The number of halogens is 1. The van der Waals surface area contributed by atoms with E-state index in [0.717, 1.165) is 43.3 Å². The molecule has 0 saturated heterocycles. The van der Waals surface area contributed by atoms with E-state index in [1.807, 2.05) is 18.3 Å². The molecule has 1 atom stereocenters. The third kappa shape index (κ3) is 6.27. The summed E-state index contributed by atoms with van der Waals surface area (Å²) in [6.07, 6.45) is 5.53. The monoisotopic (exact) mass is 349 g/mol. The lowest BCUT2D eigenvalue weighted by molar-refractivity contribution is 0.200. The standard InChI is InChI=1S/C19H28ClN3O/c1-15(2)12-17(16-4-6-18(20)7-5-16)13-23(10-3-11-24)14-19-21-8-9-22-19/h4-9,15,17,24H,3,10-14H2,1-2H3,(H,21,22). The van der Waals surface area contributed by atoms with E-state index in [2.05, 4.69) is 40.8 Å². The van der Waals surface area contributed by atoms with Gasteiger partial charge in [0.15, 0.2) is 0 Å². The number of nitrogens with one attached hydrogen (secondary N) is 1. The van der Waals surface area contributed by atoms with E-state index in [0.29, 0.717) is 11.8 Å². The Balaban J connectivity index is 2.11. The molecule has 0 aliphatic rings. The Kier molecular flexibility index (Phi) is 7.76. The van der Waals surface area contributed by atoms with Crippen LogP contribution in [0.1, 0.15) is 44.0 Å². The summed E-state index contributed by atoms with van der Waals surface area (Å²) < 4.78 is 0. The van der Waals surface area contributed by atoms with Crippen molar-refractivity contribution < 1.29 is 5.11 Å². The zero-order chi connectivity index (χ0) is 17.4. The summed E-state index contributed by atoms with van der Waals surface area (Å²) in [5.74, 6) is 2.03. The topological polar surface area (TPSA) is 52.1 Å². The molecule has 0 bridgehead atoms. The number of imidazole rings is 1. The number of hydrogen-bond donors (Lipinski definition) is 2. The lowest BCUT2D eigenvalue weighted by atomic mass is 9.89. The molecule has 0 saturated carbocycles. The first-order valence-corrected chi connectivity index (χ1v) is 9.03. The van der Waals surface area contributed by atoms with Crippen LogP contribution in [0, 0.1) is 5.92 Å². The van der Waals surface area contributed by atoms with Gasteiger partial charge in [-0.15, -0.1) is 0 Å². The maximum Gasteiger partial charge on any atom is 0.120 e. The fourth-order valence-corrected chi connectivity index (χ4v) is 3.18. The van der Waals surface area contributed by atoms with E-state index < -0.39 is 0 Å². The Labute approximate surface area is 149 Å². The van der Waals surface area contributed by atoms with Crippen LogP contribution in [-0.4, -0.2) is 39.7 Å². The van der Waals surface area contributed by atoms with Crippen molar-refractivity contribution >= 4 is 11.6 Å². The van der Waals surface area contributed by atoms with Crippen molar-refractivity contribution in [2.45, 2.75) is 39.2 Å². The number of aliphatic hydroxyl groups excluding tert-OH is 1.